The largest absolute Gasteiger partial charge is 0.497 e. The number of ether oxygens (including phenoxy) is 1. The van der Waals surface area contributed by atoms with Crippen molar-refractivity contribution in [1.82, 2.24) is 19.7 Å². The van der Waals surface area contributed by atoms with Gasteiger partial charge in [0.1, 0.15) is 23.7 Å². The zero-order valence-electron chi connectivity index (χ0n) is 12.9. The Balaban J connectivity index is 1.75. The topological polar surface area (TPSA) is 64.9 Å². The fourth-order valence-electron chi connectivity index (χ4n) is 2.41. The molecule has 1 atom stereocenters. The molecule has 1 aromatic carbocycles. The van der Waals surface area contributed by atoms with E-state index in [1.165, 1.54) is 0 Å². The number of rotatable bonds is 5. The Morgan fingerprint density at radius 1 is 1.27 bits per heavy atom. The summed E-state index contributed by atoms with van der Waals surface area (Å²) in [5, 5.41) is 12.5. The lowest BCUT2D eigenvalue weighted by Gasteiger charge is -2.12. The fraction of sp³-hybridized carbons (Fsp3) is 0.312. The zero-order chi connectivity index (χ0) is 15.5. The van der Waals surface area contributed by atoms with E-state index in [4.69, 9.17) is 4.74 Å². The van der Waals surface area contributed by atoms with Gasteiger partial charge in [-0.25, -0.2) is 4.98 Å². The average Bonchev–Trinajstić information content (AvgIpc) is 2.98. The minimum atomic E-state index is 0.246. The van der Waals surface area contributed by atoms with Crippen molar-refractivity contribution < 1.29 is 4.74 Å². The van der Waals surface area contributed by atoms with Gasteiger partial charge in [0.25, 0.3) is 0 Å². The molecule has 0 aliphatic rings. The second-order valence-corrected chi connectivity index (χ2v) is 5.34. The van der Waals surface area contributed by atoms with Crippen LogP contribution in [0, 0.1) is 0 Å². The molecule has 0 fully saturated rings. The van der Waals surface area contributed by atoms with Crippen LogP contribution < -0.4 is 10.1 Å². The van der Waals surface area contributed by atoms with Crippen molar-refractivity contribution in [3.05, 3.63) is 42.5 Å². The van der Waals surface area contributed by atoms with Crippen molar-refractivity contribution in [2.45, 2.75) is 12.8 Å². The Kier molecular flexibility index (Phi) is 3.91. The second-order valence-electron chi connectivity index (χ2n) is 5.34. The zero-order valence-corrected chi connectivity index (χ0v) is 12.9. The van der Waals surface area contributed by atoms with Crippen molar-refractivity contribution in [1.29, 1.82) is 0 Å². The lowest BCUT2D eigenvalue weighted by molar-refractivity contribution is 0.415. The maximum absolute atomic E-state index is 5.24. The summed E-state index contributed by atoms with van der Waals surface area (Å²) in [4.78, 5) is 4.63. The van der Waals surface area contributed by atoms with Crippen molar-refractivity contribution in [2.75, 3.05) is 19.0 Å². The van der Waals surface area contributed by atoms with Crippen LogP contribution in [0.5, 0.6) is 5.75 Å². The van der Waals surface area contributed by atoms with Crippen LogP contribution in [0.1, 0.15) is 18.7 Å². The standard InChI is InChI=1S/C16H19N5O/c1-11(16-20-18-10-21(16)2)9-17-15-7-5-12-4-6-13(22-3)8-14(12)19-15/h4-8,10-11H,9H2,1-3H3,(H,17,19). The number of anilines is 1. The molecule has 0 aliphatic carbocycles. The van der Waals surface area contributed by atoms with Crippen molar-refractivity contribution in [3.63, 3.8) is 0 Å². The summed E-state index contributed by atoms with van der Waals surface area (Å²) in [5.74, 6) is 2.85. The average molecular weight is 297 g/mol. The third-order valence-electron chi connectivity index (χ3n) is 3.68. The SMILES string of the molecule is COc1ccc2ccc(NCC(C)c3nncn3C)nc2c1. The first-order valence-corrected chi connectivity index (χ1v) is 7.20. The van der Waals surface area contributed by atoms with Crippen molar-refractivity contribution in [3.8, 4) is 5.75 Å². The molecule has 22 heavy (non-hydrogen) atoms. The van der Waals surface area contributed by atoms with E-state index in [2.05, 4.69) is 33.5 Å². The van der Waals surface area contributed by atoms with Crippen molar-refractivity contribution in [2.24, 2.45) is 7.05 Å². The molecule has 0 bridgehead atoms. The first kappa shape index (κ1) is 14.3. The minimum absolute atomic E-state index is 0.246. The molecule has 0 spiro atoms. The normalized spacial score (nSPS) is 12.3. The van der Waals surface area contributed by atoms with Crippen LogP contribution in [-0.2, 0) is 7.05 Å². The van der Waals surface area contributed by atoms with E-state index in [0.717, 1.165) is 34.8 Å². The van der Waals surface area contributed by atoms with Crippen LogP contribution in [0.3, 0.4) is 0 Å². The van der Waals surface area contributed by atoms with E-state index < -0.39 is 0 Å². The molecule has 114 valence electrons. The van der Waals surface area contributed by atoms with Crippen LogP contribution in [0.4, 0.5) is 5.82 Å². The Hall–Kier alpha value is -2.63. The summed E-state index contributed by atoms with van der Waals surface area (Å²) in [5.41, 5.74) is 0.913. The van der Waals surface area contributed by atoms with E-state index in [1.807, 2.05) is 35.9 Å². The molecule has 1 N–H and O–H groups in total. The highest BCUT2D eigenvalue weighted by molar-refractivity contribution is 5.81. The van der Waals surface area contributed by atoms with Gasteiger partial charge >= 0.3 is 0 Å². The number of aryl methyl sites for hydroxylation is 1. The highest BCUT2D eigenvalue weighted by atomic mass is 16.5. The highest BCUT2D eigenvalue weighted by Gasteiger charge is 2.11. The molecule has 6 nitrogen and oxygen atoms in total. The number of fused-ring (bicyclic) bond motifs is 1. The Morgan fingerprint density at radius 2 is 2.09 bits per heavy atom. The fourth-order valence-corrected chi connectivity index (χ4v) is 2.41. The van der Waals surface area contributed by atoms with Gasteiger partial charge in [0.05, 0.1) is 12.6 Å². The van der Waals surface area contributed by atoms with Crippen LogP contribution in [0.2, 0.25) is 0 Å². The van der Waals surface area contributed by atoms with E-state index in [1.54, 1.807) is 13.4 Å². The van der Waals surface area contributed by atoms with E-state index in [-0.39, 0.29) is 5.92 Å². The van der Waals surface area contributed by atoms with Gasteiger partial charge in [0, 0.05) is 31.0 Å². The molecule has 1 unspecified atom stereocenters. The second kappa shape index (κ2) is 6.01. The van der Waals surface area contributed by atoms with Gasteiger partial charge in [-0.1, -0.05) is 6.92 Å². The predicted molar refractivity (Wildman–Crippen MR) is 86.2 cm³/mol. The first-order chi connectivity index (χ1) is 10.7. The maximum atomic E-state index is 5.24. The molecule has 0 aliphatic heterocycles. The predicted octanol–water partition coefficient (Wildman–Crippen LogP) is 2.59. The van der Waals surface area contributed by atoms with E-state index >= 15 is 0 Å². The lowest BCUT2D eigenvalue weighted by atomic mass is 10.1. The van der Waals surface area contributed by atoms with Crippen LogP contribution in [0.15, 0.2) is 36.7 Å². The molecule has 2 heterocycles. The summed E-state index contributed by atoms with van der Waals surface area (Å²) in [6.07, 6.45) is 1.71. The number of pyridine rings is 1. The Bertz CT molecular complexity index is 783. The van der Waals surface area contributed by atoms with Crippen LogP contribution in [0.25, 0.3) is 10.9 Å². The smallest absolute Gasteiger partial charge is 0.137 e. The molecule has 0 amide bonds. The van der Waals surface area contributed by atoms with Gasteiger partial charge in [-0.2, -0.15) is 0 Å². The maximum Gasteiger partial charge on any atom is 0.137 e. The van der Waals surface area contributed by atoms with Gasteiger partial charge in [-0.3, -0.25) is 0 Å². The molecule has 0 radical (unpaired) electrons. The van der Waals surface area contributed by atoms with Gasteiger partial charge < -0.3 is 14.6 Å². The van der Waals surface area contributed by atoms with E-state index in [9.17, 15) is 0 Å². The van der Waals surface area contributed by atoms with Crippen LogP contribution in [-0.4, -0.2) is 33.4 Å². The Labute approximate surface area is 129 Å². The lowest BCUT2D eigenvalue weighted by Crippen LogP contribution is -2.14. The number of nitrogens with one attached hydrogen (secondary N) is 1. The molecule has 3 rings (SSSR count). The summed E-state index contributed by atoms with van der Waals surface area (Å²) >= 11 is 0. The monoisotopic (exact) mass is 297 g/mol. The van der Waals surface area contributed by atoms with E-state index in [0.29, 0.717) is 0 Å². The van der Waals surface area contributed by atoms with Crippen molar-refractivity contribution >= 4 is 16.7 Å². The van der Waals surface area contributed by atoms with Gasteiger partial charge in [0.15, 0.2) is 0 Å². The number of methoxy groups -OCH3 is 1. The first-order valence-electron chi connectivity index (χ1n) is 7.20. The molecule has 0 saturated heterocycles. The number of nitrogens with zero attached hydrogens (tertiary/aromatic N) is 4. The van der Waals surface area contributed by atoms with Gasteiger partial charge in [0.2, 0.25) is 0 Å². The third kappa shape index (κ3) is 2.86. The molecular weight excluding hydrogens is 278 g/mol. The number of benzene rings is 1. The Morgan fingerprint density at radius 3 is 2.82 bits per heavy atom. The molecule has 3 aromatic rings. The highest BCUT2D eigenvalue weighted by Crippen LogP contribution is 2.21. The molecular formula is C16H19N5O. The summed E-state index contributed by atoms with van der Waals surface area (Å²) < 4.78 is 7.18. The van der Waals surface area contributed by atoms with Crippen LogP contribution >= 0.6 is 0 Å². The third-order valence-corrected chi connectivity index (χ3v) is 3.68. The quantitative estimate of drug-likeness (QED) is 0.784. The minimum Gasteiger partial charge on any atom is -0.497 e. The molecule has 0 saturated carbocycles. The number of hydrogen-bond donors (Lipinski definition) is 1. The molecule has 2 aromatic heterocycles. The number of hydrogen-bond acceptors (Lipinski definition) is 5. The summed E-state index contributed by atoms with van der Waals surface area (Å²) in [6.45, 7) is 2.86. The number of aromatic nitrogens is 4. The van der Waals surface area contributed by atoms with Gasteiger partial charge in [-0.15, -0.1) is 10.2 Å². The molecule has 6 heteroatoms. The van der Waals surface area contributed by atoms with Gasteiger partial charge in [-0.05, 0) is 24.3 Å². The summed E-state index contributed by atoms with van der Waals surface area (Å²) in [7, 11) is 3.61. The summed E-state index contributed by atoms with van der Waals surface area (Å²) in [6, 6.07) is 9.92.